The Morgan fingerprint density at radius 1 is 1.03 bits per heavy atom. The number of rotatable bonds is 7. The normalized spacial score (nSPS) is 25.0. The largest absolute Gasteiger partial charge is 0.497 e. The molecule has 2 bridgehead atoms. The van der Waals surface area contributed by atoms with Gasteiger partial charge in [0.05, 0.1) is 13.2 Å². The lowest BCUT2D eigenvalue weighted by Gasteiger charge is -2.39. The number of aliphatic hydroxyl groups excluding tert-OH is 1. The molecule has 3 aliphatic heterocycles. The zero-order chi connectivity index (χ0) is 25.4. The van der Waals surface area contributed by atoms with E-state index in [0.29, 0.717) is 17.8 Å². The number of likely N-dealkylation sites (tertiary alicyclic amines) is 1. The number of methoxy groups -OCH3 is 1. The number of aliphatic hydroxyl groups is 1. The van der Waals surface area contributed by atoms with Crippen molar-refractivity contribution in [1.82, 2.24) is 20.1 Å². The molecule has 2 unspecified atom stereocenters. The molecule has 1 aromatic heterocycles. The molecule has 1 amide bonds. The molecule has 3 aliphatic rings. The van der Waals surface area contributed by atoms with Crippen LogP contribution < -0.4 is 10.1 Å². The molecule has 3 fully saturated rings. The SMILES string of the molecule is COc1ccc(-c2cccc3[nH]c(C(=O)NC4CCN(CCN5C6CCC5CC(O)C6)CC4)cc23)cc1. The van der Waals surface area contributed by atoms with Crippen LogP contribution in [0.4, 0.5) is 0 Å². The van der Waals surface area contributed by atoms with Gasteiger partial charge in [0, 0.05) is 55.2 Å². The van der Waals surface area contributed by atoms with Crippen molar-refractivity contribution in [3.05, 3.63) is 54.2 Å². The van der Waals surface area contributed by atoms with Gasteiger partial charge in [-0.1, -0.05) is 24.3 Å². The first kappa shape index (κ1) is 24.5. The summed E-state index contributed by atoms with van der Waals surface area (Å²) in [5, 5.41) is 14.4. The summed E-state index contributed by atoms with van der Waals surface area (Å²) in [6.45, 7) is 4.22. The molecular formula is C30H38N4O3. The van der Waals surface area contributed by atoms with E-state index in [-0.39, 0.29) is 18.1 Å². The van der Waals surface area contributed by atoms with Crippen LogP contribution in [-0.4, -0.2) is 83.3 Å². The highest BCUT2D eigenvalue weighted by Gasteiger charge is 2.39. The van der Waals surface area contributed by atoms with Crippen molar-refractivity contribution in [2.24, 2.45) is 0 Å². The standard InChI is InChI=1S/C30H38N4O3/c1-37-25-9-5-20(6-10-25)26-3-2-4-28-27(26)19-29(32-28)30(36)31-21-11-13-33(14-12-21)15-16-34-22-7-8-23(34)18-24(35)17-22/h2-6,9-10,19,21-24,32,35H,7-8,11-18H2,1H3,(H,31,36). The van der Waals surface area contributed by atoms with Crippen LogP contribution in [0.3, 0.4) is 0 Å². The lowest BCUT2D eigenvalue weighted by molar-refractivity contribution is 0.0284. The van der Waals surface area contributed by atoms with E-state index in [1.165, 1.54) is 12.8 Å². The van der Waals surface area contributed by atoms with Crippen molar-refractivity contribution in [2.45, 2.75) is 62.8 Å². The number of carbonyl (C=O) groups excluding carboxylic acids is 1. The number of fused-ring (bicyclic) bond motifs is 3. The predicted molar refractivity (Wildman–Crippen MR) is 146 cm³/mol. The first-order valence-electron chi connectivity index (χ1n) is 13.8. The summed E-state index contributed by atoms with van der Waals surface area (Å²) in [5.74, 6) is 0.799. The summed E-state index contributed by atoms with van der Waals surface area (Å²) in [6.07, 6.45) is 6.24. The highest BCUT2D eigenvalue weighted by molar-refractivity contribution is 6.03. The Hall–Kier alpha value is -2.87. The fourth-order valence-corrected chi connectivity index (χ4v) is 6.73. The van der Waals surface area contributed by atoms with Gasteiger partial charge < -0.3 is 25.0 Å². The molecular weight excluding hydrogens is 464 g/mol. The Balaban J connectivity index is 1.03. The van der Waals surface area contributed by atoms with Crippen molar-refractivity contribution in [1.29, 1.82) is 0 Å². The van der Waals surface area contributed by atoms with Gasteiger partial charge in [-0.2, -0.15) is 0 Å². The van der Waals surface area contributed by atoms with Crippen LogP contribution in [-0.2, 0) is 0 Å². The number of amides is 1. The van der Waals surface area contributed by atoms with Gasteiger partial charge in [-0.15, -0.1) is 0 Å². The molecule has 4 heterocycles. The second-order valence-corrected chi connectivity index (χ2v) is 11.0. The Morgan fingerprint density at radius 2 is 1.76 bits per heavy atom. The molecule has 3 N–H and O–H groups in total. The Bertz CT molecular complexity index is 1220. The number of nitrogens with zero attached hydrogens (tertiary/aromatic N) is 2. The van der Waals surface area contributed by atoms with Crippen LogP contribution in [0.25, 0.3) is 22.0 Å². The number of hydrogen-bond acceptors (Lipinski definition) is 5. The molecule has 3 aromatic rings. The number of aromatic nitrogens is 1. The number of carbonyl (C=O) groups is 1. The summed E-state index contributed by atoms with van der Waals surface area (Å²) in [6, 6.07) is 17.5. The van der Waals surface area contributed by atoms with E-state index < -0.39 is 0 Å². The van der Waals surface area contributed by atoms with Crippen LogP contribution in [0.2, 0.25) is 0 Å². The van der Waals surface area contributed by atoms with Crippen molar-refractivity contribution in [2.75, 3.05) is 33.3 Å². The van der Waals surface area contributed by atoms with Gasteiger partial charge in [-0.3, -0.25) is 9.69 Å². The van der Waals surface area contributed by atoms with E-state index in [0.717, 1.165) is 79.6 Å². The number of ether oxygens (including phenoxy) is 1. The molecule has 6 rings (SSSR count). The Kier molecular flexibility index (Phi) is 6.93. The number of piperidine rings is 2. The van der Waals surface area contributed by atoms with Crippen LogP contribution in [0.5, 0.6) is 5.75 Å². The maximum Gasteiger partial charge on any atom is 0.267 e. The molecule has 196 valence electrons. The maximum absolute atomic E-state index is 13.1. The highest BCUT2D eigenvalue weighted by Crippen LogP contribution is 2.35. The lowest BCUT2D eigenvalue weighted by Crippen LogP contribution is -2.50. The van der Waals surface area contributed by atoms with E-state index in [4.69, 9.17) is 4.74 Å². The minimum atomic E-state index is -0.0978. The van der Waals surface area contributed by atoms with Gasteiger partial charge in [0.1, 0.15) is 11.4 Å². The van der Waals surface area contributed by atoms with E-state index in [2.05, 4.69) is 26.2 Å². The molecule has 0 radical (unpaired) electrons. The average Bonchev–Trinajstić information content (AvgIpc) is 3.47. The van der Waals surface area contributed by atoms with Crippen molar-refractivity contribution >= 4 is 16.8 Å². The Labute approximate surface area is 218 Å². The minimum absolute atomic E-state index is 0.0289. The van der Waals surface area contributed by atoms with Gasteiger partial charge >= 0.3 is 0 Å². The van der Waals surface area contributed by atoms with Crippen molar-refractivity contribution < 1.29 is 14.6 Å². The zero-order valence-corrected chi connectivity index (χ0v) is 21.7. The summed E-state index contributed by atoms with van der Waals surface area (Å²) in [5.41, 5.74) is 3.77. The molecule has 2 atom stereocenters. The molecule has 0 aliphatic carbocycles. The number of H-pyrrole nitrogens is 1. The van der Waals surface area contributed by atoms with Gasteiger partial charge in [0.2, 0.25) is 0 Å². The van der Waals surface area contributed by atoms with E-state index in [9.17, 15) is 9.90 Å². The van der Waals surface area contributed by atoms with E-state index in [1.54, 1.807) is 7.11 Å². The topological polar surface area (TPSA) is 80.8 Å². The highest BCUT2D eigenvalue weighted by atomic mass is 16.5. The van der Waals surface area contributed by atoms with Gasteiger partial charge in [0.15, 0.2) is 0 Å². The molecule has 7 nitrogen and oxygen atoms in total. The van der Waals surface area contributed by atoms with Crippen LogP contribution in [0.15, 0.2) is 48.5 Å². The third kappa shape index (κ3) is 5.13. The molecule has 7 heteroatoms. The number of aromatic amines is 1. The average molecular weight is 503 g/mol. The van der Waals surface area contributed by atoms with Crippen LogP contribution in [0, 0.1) is 0 Å². The third-order valence-corrected chi connectivity index (χ3v) is 8.77. The van der Waals surface area contributed by atoms with Gasteiger partial charge in [-0.05, 0) is 73.9 Å². The maximum atomic E-state index is 13.1. The third-order valence-electron chi connectivity index (χ3n) is 8.77. The summed E-state index contributed by atoms with van der Waals surface area (Å²) in [7, 11) is 1.67. The van der Waals surface area contributed by atoms with Gasteiger partial charge in [0.25, 0.3) is 5.91 Å². The first-order chi connectivity index (χ1) is 18.1. The Morgan fingerprint density at radius 3 is 2.46 bits per heavy atom. The quantitative estimate of drug-likeness (QED) is 0.455. The molecule has 0 saturated carbocycles. The van der Waals surface area contributed by atoms with Crippen LogP contribution in [0.1, 0.15) is 49.0 Å². The summed E-state index contributed by atoms with van der Waals surface area (Å²) in [4.78, 5) is 21.7. The number of hydrogen-bond donors (Lipinski definition) is 3. The monoisotopic (exact) mass is 502 g/mol. The second-order valence-electron chi connectivity index (χ2n) is 11.0. The molecule has 2 aromatic carbocycles. The molecule has 0 spiro atoms. The second kappa shape index (κ2) is 10.5. The van der Waals surface area contributed by atoms with Crippen molar-refractivity contribution in [3.63, 3.8) is 0 Å². The fourth-order valence-electron chi connectivity index (χ4n) is 6.73. The minimum Gasteiger partial charge on any atom is -0.497 e. The summed E-state index contributed by atoms with van der Waals surface area (Å²) >= 11 is 0. The molecule has 37 heavy (non-hydrogen) atoms. The predicted octanol–water partition coefficient (Wildman–Crippen LogP) is 4.03. The first-order valence-corrected chi connectivity index (χ1v) is 13.8. The van der Waals surface area contributed by atoms with Crippen LogP contribution >= 0.6 is 0 Å². The number of benzene rings is 2. The number of nitrogens with one attached hydrogen (secondary N) is 2. The zero-order valence-electron chi connectivity index (χ0n) is 21.7. The lowest BCUT2D eigenvalue weighted by atomic mass is 10.00. The van der Waals surface area contributed by atoms with Gasteiger partial charge in [-0.25, -0.2) is 0 Å². The summed E-state index contributed by atoms with van der Waals surface area (Å²) < 4.78 is 5.29. The van der Waals surface area contributed by atoms with E-state index in [1.807, 2.05) is 42.5 Å². The fraction of sp³-hybridized carbons (Fsp3) is 0.500. The molecule has 3 saturated heterocycles. The van der Waals surface area contributed by atoms with E-state index >= 15 is 0 Å². The van der Waals surface area contributed by atoms with Crippen molar-refractivity contribution in [3.8, 4) is 16.9 Å². The smallest absolute Gasteiger partial charge is 0.267 e.